The van der Waals surface area contributed by atoms with Gasteiger partial charge in [-0.15, -0.1) is 17.7 Å². The topological polar surface area (TPSA) is 30.7 Å². The summed E-state index contributed by atoms with van der Waals surface area (Å²) in [7, 11) is 0. The van der Waals surface area contributed by atoms with Gasteiger partial charge in [-0.3, -0.25) is 0 Å². The van der Waals surface area contributed by atoms with Crippen molar-refractivity contribution in [3.63, 3.8) is 0 Å². The summed E-state index contributed by atoms with van der Waals surface area (Å²) in [5, 5.41) is 0.558. The summed E-state index contributed by atoms with van der Waals surface area (Å²) < 4.78 is 2.02. The summed E-state index contributed by atoms with van der Waals surface area (Å²) in [6, 6.07) is 20.4. The number of nitrogens with zero attached hydrogens (tertiary/aromatic N) is 3. The Balaban J connectivity index is 0.000000364. The van der Waals surface area contributed by atoms with E-state index in [0.717, 1.165) is 11.4 Å². The predicted molar refractivity (Wildman–Crippen MR) is 124 cm³/mol. The number of para-hydroxylation sites is 1. The molecule has 0 unspecified atom stereocenters. The maximum absolute atomic E-state index is 5.42. The minimum absolute atomic E-state index is 0. The van der Waals surface area contributed by atoms with Crippen molar-refractivity contribution < 1.29 is 20.4 Å². The van der Waals surface area contributed by atoms with Crippen LogP contribution in [0.1, 0.15) is 50.7 Å². The average Bonchev–Trinajstić information content (AvgIpc) is 3.25. The van der Waals surface area contributed by atoms with E-state index in [9.17, 15) is 0 Å². The summed E-state index contributed by atoms with van der Waals surface area (Å²) in [5.74, 6) is 0.938. The van der Waals surface area contributed by atoms with E-state index in [1.165, 1.54) is 16.7 Å². The van der Waals surface area contributed by atoms with Gasteiger partial charge in [-0.2, -0.15) is 6.07 Å². The molecule has 162 valence electrons. The molecule has 0 bridgehead atoms. The fourth-order valence-corrected chi connectivity index (χ4v) is 3.40. The Morgan fingerprint density at radius 2 is 1.48 bits per heavy atom. The van der Waals surface area contributed by atoms with Gasteiger partial charge in [0.25, 0.3) is 0 Å². The Hall–Kier alpha value is -2.25. The molecule has 2 heterocycles. The molecule has 4 rings (SSSR count). The standard InChI is InChI=1S/C21H23N2.C5H3ClN.Pd/c1-15(2)17-9-5-6-11-19(17)20-13-23(14-22-20)21-12-8-7-10-18(21)16(3)4;6-5-2-1-3-7-4-5;/h5-13,15-16H,1-4H3;1-3H;/q2*-1;+2. The molecule has 4 aromatic rings. The van der Waals surface area contributed by atoms with Crippen LogP contribution in [0.5, 0.6) is 0 Å². The summed E-state index contributed by atoms with van der Waals surface area (Å²) in [5.41, 5.74) is 5.96. The molecule has 0 atom stereocenters. The molecule has 0 radical (unpaired) electrons. The van der Waals surface area contributed by atoms with Gasteiger partial charge < -0.3 is 14.5 Å². The van der Waals surface area contributed by atoms with Gasteiger partial charge >= 0.3 is 20.4 Å². The van der Waals surface area contributed by atoms with Crippen LogP contribution in [-0.2, 0) is 20.4 Å². The molecule has 0 saturated heterocycles. The summed E-state index contributed by atoms with van der Waals surface area (Å²) >= 11 is 5.42. The molecule has 5 heteroatoms. The number of hydrogen-bond donors (Lipinski definition) is 0. The molecule has 0 spiro atoms. The van der Waals surface area contributed by atoms with E-state index in [-0.39, 0.29) is 20.4 Å². The first-order chi connectivity index (χ1) is 14.5. The smallest absolute Gasteiger partial charge is 0.432 e. The minimum atomic E-state index is 0. The van der Waals surface area contributed by atoms with Gasteiger partial charge in [0.05, 0.1) is 0 Å². The monoisotopic (exact) mass is 521 g/mol. The van der Waals surface area contributed by atoms with Crippen LogP contribution in [0.3, 0.4) is 0 Å². The van der Waals surface area contributed by atoms with E-state index >= 15 is 0 Å². The fourth-order valence-electron chi connectivity index (χ4n) is 3.28. The maximum Gasteiger partial charge on any atom is 2.00 e. The number of hydrogen-bond acceptors (Lipinski definition) is 2. The molecule has 0 amide bonds. The van der Waals surface area contributed by atoms with Crippen LogP contribution >= 0.6 is 11.6 Å². The second kappa shape index (κ2) is 12.0. The van der Waals surface area contributed by atoms with Crippen LogP contribution in [0.2, 0.25) is 5.02 Å². The van der Waals surface area contributed by atoms with Crippen LogP contribution < -0.4 is 0 Å². The number of benzene rings is 2. The van der Waals surface area contributed by atoms with Crippen molar-refractivity contribution >= 4 is 11.6 Å². The zero-order chi connectivity index (χ0) is 21.5. The van der Waals surface area contributed by atoms with Crippen molar-refractivity contribution in [1.82, 2.24) is 14.5 Å². The van der Waals surface area contributed by atoms with Gasteiger partial charge in [-0.25, -0.2) is 0 Å². The number of halogens is 1. The Bertz CT molecular complexity index is 1010. The van der Waals surface area contributed by atoms with Gasteiger partial charge in [0, 0.05) is 6.33 Å². The Morgan fingerprint density at radius 3 is 2.06 bits per heavy atom. The summed E-state index contributed by atoms with van der Waals surface area (Å²) in [6.07, 6.45) is 9.41. The minimum Gasteiger partial charge on any atom is -0.432 e. The van der Waals surface area contributed by atoms with E-state index in [2.05, 4.69) is 105 Å². The van der Waals surface area contributed by atoms with Crippen molar-refractivity contribution in [2.24, 2.45) is 0 Å². The summed E-state index contributed by atoms with van der Waals surface area (Å²) in [4.78, 5) is 8.17. The SMILES string of the molecule is CC(C)c1ccccc1-c1cn(-c2ccccc2C(C)C)[c-]n1.Clc1[c-]nccc1.[Pd+2]. The third-order valence-electron chi connectivity index (χ3n) is 4.78. The zero-order valence-electron chi connectivity index (χ0n) is 18.1. The molecule has 3 nitrogen and oxygen atoms in total. The van der Waals surface area contributed by atoms with Crippen molar-refractivity contribution in [2.75, 3.05) is 0 Å². The quantitative estimate of drug-likeness (QED) is 0.211. The molecule has 2 aromatic heterocycles. The Kier molecular flexibility index (Phi) is 9.65. The average molecular weight is 522 g/mol. The molecule has 0 aliphatic heterocycles. The fraction of sp³-hybridized carbons (Fsp3) is 0.231. The first kappa shape index (κ1) is 25.0. The predicted octanol–water partition coefficient (Wildman–Crippen LogP) is 7.12. The van der Waals surface area contributed by atoms with Crippen LogP contribution in [0, 0.1) is 12.5 Å². The van der Waals surface area contributed by atoms with Gasteiger partial charge in [-0.05, 0) is 34.3 Å². The van der Waals surface area contributed by atoms with Gasteiger partial charge in [0.1, 0.15) is 0 Å². The van der Waals surface area contributed by atoms with Crippen molar-refractivity contribution in [3.05, 3.63) is 102 Å². The molecular formula is C26H26ClN3Pd. The zero-order valence-corrected chi connectivity index (χ0v) is 20.4. The van der Waals surface area contributed by atoms with Crippen molar-refractivity contribution in [3.8, 4) is 16.9 Å². The van der Waals surface area contributed by atoms with E-state index in [1.807, 2.05) is 4.57 Å². The van der Waals surface area contributed by atoms with E-state index in [0.29, 0.717) is 16.9 Å². The second-order valence-corrected chi connectivity index (χ2v) is 8.06. The molecule has 0 fully saturated rings. The molecule has 0 aliphatic carbocycles. The largest absolute Gasteiger partial charge is 2.00 e. The third-order valence-corrected chi connectivity index (χ3v) is 4.99. The van der Waals surface area contributed by atoms with E-state index in [4.69, 9.17) is 11.6 Å². The van der Waals surface area contributed by atoms with E-state index in [1.54, 1.807) is 18.3 Å². The van der Waals surface area contributed by atoms with Crippen LogP contribution in [-0.4, -0.2) is 14.5 Å². The molecule has 2 aromatic carbocycles. The normalized spacial score (nSPS) is 10.4. The number of aromatic nitrogens is 3. The number of imidazole rings is 1. The Labute approximate surface area is 204 Å². The van der Waals surface area contributed by atoms with Gasteiger partial charge in [0.2, 0.25) is 0 Å². The first-order valence-electron chi connectivity index (χ1n) is 10.1. The van der Waals surface area contributed by atoms with Crippen LogP contribution in [0.4, 0.5) is 0 Å². The van der Waals surface area contributed by atoms with Crippen molar-refractivity contribution in [1.29, 1.82) is 0 Å². The molecule has 31 heavy (non-hydrogen) atoms. The van der Waals surface area contributed by atoms with Gasteiger partial charge in [0.15, 0.2) is 0 Å². The van der Waals surface area contributed by atoms with Crippen LogP contribution in [0.15, 0.2) is 73.1 Å². The van der Waals surface area contributed by atoms with Crippen molar-refractivity contribution in [2.45, 2.75) is 39.5 Å². The van der Waals surface area contributed by atoms with Gasteiger partial charge in [-0.1, -0.05) is 105 Å². The molecule has 0 saturated carbocycles. The number of pyridine rings is 1. The molecule has 0 aliphatic rings. The van der Waals surface area contributed by atoms with Crippen LogP contribution in [0.25, 0.3) is 16.9 Å². The summed E-state index contributed by atoms with van der Waals surface area (Å²) in [6.45, 7) is 8.86. The number of rotatable bonds is 4. The van der Waals surface area contributed by atoms with E-state index < -0.39 is 0 Å². The third kappa shape index (κ3) is 6.61. The second-order valence-electron chi connectivity index (χ2n) is 7.65. The molecular weight excluding hydrogens is 496 g/mol. The first-order valence-corrected chi connectivity index (χ1v) is 10.5. The molecule has 0 N–H and O–H groups in total. The maximum atomic E-state index is 5.42. The Morgan fingerprint density at radius 1 is 0.839 bits per heavy atom.